The first kappa shape index (κ1) is 21.8. The molecule has 0 atom stereocenters. The lowest BCUT2D eigenvalue weighted by atomic mass is 10.1. The van der Waals surface area contributed by atoms with E-state index in [-0.39, 0.29) is 24.4 Å². The molecule has 1 aromatic rings. The molecule has 0 bridgehead atoms. The standard InChI is InChI=1S/C17H25ClN2O4.ClH/c1-22-8-3-9-24-12-4-6-20(7-5-12)17(21)13-10-14(18)15(19)11-16(13)23-2;/h10-12H,3-9,19H2,1-2H3;1H. The number of hydrogen-bond acceptors (Lipinski definition) is 5. The summed E-state index contributed by atoms with van der Waals surface area (Å²) in [5.74, 6) is 0.353. The van der Waals surface area contributed by atoms with Crippen LogP contribution in [0.1, 0.15) is 29.6 Å². The molecule has 1 amide bonds. The van der Waals surface area contributed by atoms with Crippen molar-refractivity contribution in [3.63, 3.8) is 0 Å². The molecule has 0 saturated carbocycles. The highest BCUT2D eigenvalue weighted by Crippen LogP contribution is 2.30. The van der Waals surface area contributed by atoms with Crippen molar-refractivity contribution in [1.82, 2.24) is 4.90 Å². The summed E-state index contributed by atoms with van der Waals surface area (Å²) in [5.41, 5.74) is 6.60. The van der Waals surface area contributed by atoms with Crippen molar-refractivity contribution >= 4 is 35.6 Å². The Morgan fingerprint density at radius 2 is 1.96 bits per heavy atom. The number of anilines is 1. The number of hydrogen-bond donors (Lipinski definition) is 1. The quantitative estimate of drug-likeness (QED) is 0.570. The number of piperidine rings is 1. The highest BCUT2D eigenvalue weighted by molar-refractivity contribution is 6.33. The van der Waals surface area contributed by atoms with Gasteiger partial charge < -0.3 is 24.8 Å². The maximum absolute atomic E-state index is 12.7. The van der Waals surface area contributed by atoms with E-state index < -0.39 is 0 Å². The molecule has 142 valence electrons. The number of nitrogens with two attached hydrogens (primary N) is 1. The van der Waals surface area contributed by atoms with E-state index in [2.05, 4.69) is 0 Å². The fraction of sp³-hybridized carbons (Fsp3) is 0.588. The molecule has 1 heterocycles. The molecule has 2 rings (SSSR count). The third-order valence-corrected chi connectivity index (χ3v) is 4.45. The van der Waals surface area contributed by atoms with Gasteiger partial charge in [-0.15, -0.1) is 12.4 Å². The monoisotopic (exact) mass is 392 g/mol. The van der Waals surface area contributed by atoms with Gasteiger partial charge in [-0.05, 0) is 25.3 Å². The van der Waals surface area contributed by atoms with Crippen molar-refractivity contribution in [2.75, 3.05) is 46.3 Å². The molecule has 1 saturated heterocycles. The molecule has 0 spiro atoms. The van der Waals surface area contributed by atoms with Crippen molar-refractivity contribution in [2.45, 2.75) is 25.4 Å². The molecular formula is C17H26Cl2N2O4. The van der Waals surface area contributed by atoms with Crippen LogP contribution in [0.5, 0.6) is 5.75 Å². The van der Waals surface area contributed by atoms with E-state index in [4.69, 9.17) is 31.5 Å². The molecular weight excluding hydrogens is 367 g/mol. The van der Waals surface area contributed by atoms with Crippen LogP contribution in [-0.4, -0.2) is 57.4 Å². The Kier molecular flexibility index (Phi) is 9.35. The number of nitrogens with zero attached hydrogens (tertiary/aromatic N) is 1. The topological polar surface area (TPSA) is 74.0 Å². The lowest BCUT2D eigenvalue weighted by molar-refractivity contribution is 0.00184. The third-order valence-electron chi connectivity index (χ3n) is 4.12. The Bertz CT molecular complexity index is 564. The second-order valence-electron chi connectivity index (χ2n) is 5.78. The van der Waals surface area contributed by atoms with E-state index >= 15 is 0 Å². The van der Waals surface area contributed by atoms with Crippen molar-refractivity contribution in [3.05, 3.63) is 22.7 Å². The number of carbonyl (C=O) groups excluding carboxylic acids is 1. The van der Waals surface area contributed by atoms with Crippen LogP contribution in [-0.2, 0) is 9.47 Å². The smallest absolute Gasteiger partial charge is 0.257 e. The molecule has 25 heavy (non-hydrogen) atoms. The molecule has 0 radical (unpaired) electrons. The average Bonchev–Trinajstić information content (AvgIpc) is 2.60. The Labute approximate surface area is 159 Å². The second kappa shape index (κ2) is 10.7. The van der Waals surface area contributed by atoms with Crippen LogP contribution in [0.2, 0.25) is 5.02 Å². The molecule has 6 nitrogen and oxygen atoms in total. The minimum atomic E-state index is -0.0911. The maximum atomic E-state index is 12.7. The number of likely N-dealkylation sites (tertiary alicyclic amines) is 1. The first-order valence-electron chi connectivity index (χ1n) is 8.09. The highest BCUT2D eigenvalue weighted by atomic mass is 35.5. The summed E-state index contributed by atoms with van der Waals surface area (Å²) < 4.78 is 16.1. The van der Waals surface area contributed by atoms with Crippen LogP contribution in [0.4, 0.5) is 5.69 Å². The van der Waals surface area contributed by atoms with Gasteiger partial charge in [0.1, 0.15) is 5.75 Å². The molecule has 8 heteroatoms. The zero-order chi connectivity index (χ0) is 17.5. The lowest BCUT2D eigenvalue weighted by Crippen LogP contribution is -2.41. The average molecular weight is 393 g/mol. The van der Waals surface area contributed by atoms with Crippen LogP contribution in [0, 0.1) is 0 Å². The highest BCUT2D eigenvalue weighted by Gasteiger charge is 2.26. The molecule has 0 aromatic heterocycles. The fourth-order valence-corrected chi connectivity index (χ4v) is 2.92. The van der Waals surface area contributed by atoms with E-state index in [9.17, 15) is 4.79 Å². The van der Waals surface area contributed by atoms with E-state index in [1.165, 1.54) is 7.11 Å². The van der Waals surface area contributed by atoms with Gasteiger partial charge in [-0.3, -0.25) is 4.79 Å². The number of halogens is 2. The molecule has 1 aromatic carbocycles. The van der Waals surface area contributed by atoms with Crippen molar-refractivity contribution in [3.8, 4) is 5.75 Å². The first-order valence-corrected chi connectivity index (χ1v) is 8.47. The number of carbonyl (C=O) groups is 1. The molecule has 0 aliphatic carbocycles. The number of amides is 1. The van der Waals surface area contributed by atoms with Gasteiger partial charge in [0, 0.05) is 39.5 Å². The van der Waals surface area contributed by atoms with Crippen LogP contribution in [0.25, 0.3) is 0 Å². The van der Waals surface area contributed by atoms with Gasteiger partial charge in [0.25, 0.3) is 5.91 Å². The van der Waals surface area contributed by atoms with Gasteiger partial charge >= 0.3 is 0 Å². The summed E-state index contributed by atoms with van der Waals surface area (Å²) in [6.45, 7) is 2.70. The van der Waals surface area contributed by atoms with Crippen LogP contribution < -0.4 is 10.5 Å². The Morgan fingerprint density at radius 3 is 2.56 bits per heavy atom. The fourth-order valence-electron chi connectivity index (χ4n) is 2.75. The van der Waals surface area contributed by atoms with Crippen molar-refractivity contribution < 1.29 is 19.0 Å². The summed E-state index contributed by atoms with van der Waals surface area (Å²) in [6.07, 6.45) is 2.73. The Morgan fingerprint density at radius 1 is 1.28 bits per heavy atom. The van der Waals surface area contributed by atoms with E-state index in [1.54, 1.807) is 24.1 Å². The van der Waals surface area contributed by atoms with Gasteiger partial charge in [-0.2, -0.15) is 0 Å². The summed E-state index contributed by atoms with van der Waals surface area (Å²) >= 11 is 6.05. The number of methoxy groups -OCH3 is 2. The van der Waals surface area contributed by atoms with Crippen LogP contribution >= 0.6 is 24.0 Å². The minimum Gasteiger partial charge on any atom is -0.496 e. The zero-order valence-electron chi connectivity index (χ0n) is 14.6. The van der Waals surface area contributed by atoms with Crippen LogP contribution in [0.3, 0.4) is 0 Å². The minimum absolute atomic E-state index is 0. The van der Waals surface area contributed by atoms with E-state index in [1.807, 2.05) is 0 Å². The molecule has 1 aliphatic heterocycles. The zero-order valence-corrected chi connectivity index (χ0v) is 16.2. The van der Waals surface area contributed by atoms with Crippen LogP contribution in [0.15, 0.2) is 12.1 Å². The number of nitrogen functional groups attached to an aromatic ring is 1. The summed E-state index contributed by atoms with van der Waals surface area (Å²) in [4.78, 5) is 14.5. The largest absolute Gasteiger partial charge is 0.496 e. The normalized spacial score (nSPS) is 14.9. The Balaban J connectivity index is 0.00000312. The molecule has 1 aliphatic rings. The predicted molar refractivity (Wildman–Crippen MR) is 101 cm³/mol. The lowest BCUT2D eigenvalue weighted by Gasteiger charge is -2.32. The van der Waals surface area contributed by atoms with Crippen molar-refractivity contribution in [1.29, 1.82) is 0 Å². The SMILES string of the molecule is COCCCOC1CCN(C(=O)c2cc(Cl)c(N)cc2OC)CC1.Cl. The van der Waals surface area contributed by atoms with Gasteiger partial charge in [0.15, 0.2) is 0 Å². The van der Waals surface area contributed by atoms with Gasteiger partial charge in [0.05, 0.1) is 29.5 Å². The summed E-state index contributed by atoms with van der Waals surface area (Å²) in [6, 6.07) is 3.16. The summed E-state index contributed by atoms with van der Waals surface area (Å²) in [7, 11) is 3.20. The van der Waals surface area contributed by atoms with Crippen molar-refractivity contribution in [2.24, 2.45) is 0 Å². The second-order valence-corrected chi connectivity index (χ2v) is 6.19. The summed E-state index contributed by atoms with van der Waals surface area (Å²) in [5, 5.41) is 0.357. The van der Waals surface area contributed by atoms with E-state index in [0.29, 0.717) is 48.3 Å². The Hall–Kier alpha value is -1.21. The third kappa shape index (κ3) is 5.92. The van der Waals surface area contributed by atoms with Gasteiger partial charge in [-0.25, -0.2) is 0 Å². The van der Waals surface area contributed by atoms with Gasteiger partial charge in [-0.1, -0.05) is 11.6 Å². The number of benzene rings is 1. The molecule has 2 N–H and O–H groups in total. The maximum Gasteiger partial charge on any atom is 0.257 e. The number of ether oxygens (including phenoxy) is 3. The van der Waals surface area contributed by atoms with Gasteiger partial charge in [0.2, 0.25) is 0 Å². The van der Waals surface area contributed by atoms with E-state index in [0.717, 1.165) is 19.3 Å². The predicted octanol–water partition coefficient (Wildman–Crippen LogP) is 3.01. The molecule has 0 unspecified atom stereocenters. The molecule has 1 fully saturated rings. The first-order chi connectivity index (χ1) is 11.6. The number of rotatable bonds is 7.